The van der Waals surface area contributed by atoms with Gasteiger partial charge in [0.2, 0.25) is 0 Å². The number of unbranched alkanes of at least 4 members (excludes halogenated alkanes) is 6. The van der Waals surface area contributed by atoms with E-state index in [2.05, 4.69) is 6.92 Å². The highest BCUT2D eigenvalue weighted by Crippen LogP contribution is 2.47. The number of carbonyl (C=O) groups is 3. The number of hydrogen-bond donors (Lipinski definition) is 0. The van der Waals surface area contributed by atoms with E-state index in [9.17, 15) is 14.4 Å². The number of benzene rings is 3. The van der Waals surface area contributed by atoms with Crippen molar-refractivity contribution in [1.82, 2.24) is 0 Å². The molecule has 0 radical (unpaired) electrons. The lowest BCUT2D eigenvalue weighted by molar-refractivity contribution is -0.956. The van der Waals surface area contributed by atoms with Crippen molar-refractivity contribution in [3.8, 4) is 0 Å². The number of quaternary nitrogens is 1. The molecule has 0 amide bonds. The normalized spacial score (nSPS) is 21.2. The first kappa shape index (κ1) is 36.6. The molecule has 8 heteroatoms. The molecular formula is C43H54NO7+. The van der Waals surface area contributed by atoms with Gasteiger partial charge in [0, 0.05) is 61.6 Å². The minimum atomic E-state index is -1.96. The number of nitrogens with zero attached hydrogens (tertiary/aromatic N) is 1. The number of esters is 2. The Hall–Kier alpha value is -4.17. The molecule has 0 aliphatic carbocycles. The molecule has 272 valence electrons. The van der Waals surface area contributed by atoms with Crippen LogP contribution in [0.3, 0.4) is 0 Å². The summed E-state index contributed by atoms with van der Waals surface area (Å²) in [5, 5.41) is 0. The smallest absolute Gasteiger partial charge is 0.458 e. The Morgan fingerprint density at radius 3 is 1.80 bits per heavy atom. The second-order valence-electron chi connectivity index (χ2n) is 14.6. The lowest BCUT2D eigenvalue weighted by Crippen LogP contribution is -2.60. The zero-order chi connectivity index (χ0) is 35.5. The summed E-state index contributed by atoms with van der Waals surface area (Å²) in [6.45, 7) is 4.63. The third-order valence-electron chi connectivity index (χ3n) is 11.4. The van der Waals surface area contributed by atoms with Crippen molar-refractivity contribution in [2.75, 3.05) is 13.1 Å². The molecule has 3 aromatic carbocycles. The van der Waals surface area contributed by atoms with Gasteiger partial charge in [-0.15, -0.1) is 0 Å². The van der Waals surface area contributed by atoms with Gasteiger partial charge in [0.15, 0.2) is 0 Å². The van der Waals surface area contributed by atoms with Crippen LogP contribution < -0.4 is 0 Å². The van der Waals surface area contributed by atoms with E-state index in [1.54, 1.807) is 72.8 Å². The van der Waals surface area contributed by atoms with E-state index >= 15 is 0 Å². The van der Waals surface area contributed by atoms with Gasteiger partial charge in [0.25, 0.3) is 11.9 Å². The maximum atomic E-state index is 14.7. The SMILES string of the molecule is CCCCCCCCCC(=O)OC(OC(=O)OC(C(=O)OC1CC2CCC(C1)[N+]21CCCC1)(c1ccccc1)c1ccccc1)c1ccccc1. The molecule has 51 heavy (non-hydrogen) atoms. The van der Waals surface area contributed by atoms with Crippen LogP contribution in [-0.2, 0) is 34.1 Å². The van der Waals surface area contributed by atoms with Crippen LogP contribution in [-0.4, -0.2) is 53.9 Å². The fourth-order valence-electron chi connectivity index (χ4n) is 8.86. The van der Waals surface area contributed by atoms with Crippen molar-refractivity contribution >= 4 is 18.1 Å². The van der Waals surface area contributed by atoms with Crippen molar-refractivity contribution in [2.24, 2.45) is 0 Å². The maximum absolute atomic E-state index is 14.7. The first-order valence-electron chi connectivity index (χ1n) is 19.3. The van der Waals surface area contributed by atoms with Crippen LogP contribution in [0.25, 0.3) is 0 Å². The van der Waals surface area contributed by atoms with Gasteiger partial charge in [-0.3, -0.25) is 4.79 Å². The van der Waals surface area contributed by atoms with E-state index in [0.29, 0.717) is 35.2 Å². The Kier molecular flexibility index (Phi) is 12.5. The molecule has 0 aromatic heterocycles. The van der Waals surface area contributed by atoms with E-state index in [4.69, 9.17) is 18.9 Å². The van der Waals surface area contributed by atoms with Gasteiger partial charge >= 0.3 is 18.1 Å². The fourth-order valence-corrected chi connectivity index (χ4v) is 8.86. The van der Waals surface area contributed by atoms with Gasteiger partial charge in [-0.05, 0) is 6.42 Å². The predicted molar refractivity (Wildman–Crippen MR) is 194 cm³/mol. The predicted octanol–water partition coefficient (Wildman–Crippen LogP) is 9.31. The molecular weight excluding hydrogens is 642 g/mol. The third-order valence-corrected chi connectivity index (χ3v) is 11.4. The molecule has 3 aromatic rings. The van der Waals surface area contributed by atoms with Gasteiger partial charge in [0.1, 0.15) is 6.10 Å². The van der Waals surface area contributed by atoms with Crippen molar-refractivity contribution in [2.45, 2.75) is 127 Å². The standard InChI is InChI=1S/C43H54NO7/c1-2-3-4-5-6-7-17-26-39(45)49-40(33-20-11-8-12-21-33)50-42(47)51-43(34-22-13-9-14-23-34,35-24-15-10-16-25-35)41(46)48-38-31-36-27-28-37(32-38)44(36)29-18-19-30-44/h8-16,20-25,36-38,40H,2-7,17-19,26-32H2,1H3/q+1. The molecule has 0 saturated carbocycles. The highest BCUT2D eigenvalue weighted by molar-refractivity contribution is 5.88. The Morgan fingerprint density at radius 1 is 0.706 bits per heavy atom. The summed E-state index contributed by atoms with van der Waals surface area (Å²) < 4.78 is 25.4. The number of ether oxygens (including phenoxy) is 4. The number of rotatable bonds is 16. The summed E-state index contributed by atoms with van der Waals surface area (Å²) in [7, 11) is 0. The fraction of sp³-hybridized carbons (Fsp3) is 0.512. The minimum absolute atomic E-state index is 0.211. The van der Waals surface area contributed by atoms with Crippen molar-refractivity contribution in [1.29, 1.82) is 0 Å². The molecule has 3 aliphatic rings. The largest absolute Gasteiger partial charge is 0.513 e. The molecule has 6 rings (SSSR count). The van der Waals surface area contributed by atoms with Crippen molar-refractivity contribution in [3.63, 3.8) is 0 Å². The molecule has 3 atom stereocenters. The molecule has 3 fully saturated rings. The van der Waals surface area contributed by atoms with E-state index in [1.165, 1.54) is 49.7 Å². The second kappa shape index (κ2) is 17.4. The molecule has 8 nitrogen and oxygen atoms in total. The molecule has 2 bridgehead atoms. The minimum Gasteiger partial charge on any atom is -0.458 e. The second-order valence-corrected chi connectivity index (χ2v) is 14.6. The van der Waals surface area contributed by atoms with Gasteiger partial charge in [-0.1, -0.05) is 136 Å². The molecule has 3 heterocycles. The summed E-state index contributed by atoms with van der Waals surface area (Å²) in [5.41, 5.74) is -0.607. The van der Waals surface area contributed by atoms with E-state index in [1.807, 2.05) is 18.2 Å². The highest BCUT2D eigenvalue weighted by Gasteiger charge is 2.57. The van der Waals surface area contributed by atoms with Crippen molar-refractivity contribution in [3.05, 3.63) is 108 Å². The lowest BCUT2D eigenvalue weighted by atomic mass is 9.85. The summed E-state index contributed by atoms with van der Waals surface area (Å²) in [5.74, 6) is -1.13. The van der Waals surface area contributed by atoms with Crippen LogP contribution in [0.2, 0.25) is 0 Å². The zero-order valence-corrected chi connectivity index (χ0v) is 30.1. The number of carbonyl (C=O) groups excluding carboxylic acids is 3. The van der Waals surface area contributed by atoms with E-state index in [0.717, 1.165) is 44.9 Å². The van der Waals surface area contributed by atoms with Crippen LogP contribution >= 0.6 is 0 Å². The van der Waals surface area contributed by atoms with Crippen LogP contribution in [0.5, 0.6) is 0 Å². The molecule has 3 aliphatic heterocycles. The van der Waals surface area contributed by atoms with Gasteiger partial charge in [-0.25, -0.2) is 9.59 Å². The van der Waals surface area contributed by atoms with Crippen LogP contribution in [0, 0.1) is 0 Å². The van der Waals surface area contributed by atoms with Gasteiger partial charge < -0.3 is 23.4 Å². The molecule has 0 N–H and O–H groups in total. The first-order valence-corrected chi connectivity index (χ1v) is 19.3. The van der Waals surface area contributed by atoms with Gasteiger partial charge in [-0.2, -0.15) is 0 Å². The molecule has 1 spiro atoms. The monoisotopic (exact) mass is 696 g/mol. The average molecular weight is 697 g/mol. The van der Waals surface area contributed by atoms with Crippen LogP contribution in [0.15, 0.2) is 91.0 Å². The average Bonchev–Trinajstić information content (AvgIpc) is 3.70. The molecule has 3 unspecified atom stereocenters. The summed E-state index contributed by atoms with van der Waals surface area (Å²) in [6, 6.07) is 27.7. The van der Waals surface area contributed by atoms with E-state index in [-0.39, 0.29) is 12.5 Å². The quantitative estimate of drug-likeness (QED) is 0.0485. The first-order chi connectivity index (χ1) is 24.9. The maximum Gasteiger partial charge on any atom is 0.513 e. The summed E-state index contributed by atoms with van der Waals surface area (Å²) >= 11 is 0. The Bertz CT molecular complexity index is 1500. The number of hydrogen-bond acceptors (Lipinski definition) is 7. The van der Waals surface area contributed by atoms with Crippen molar-refractivity contribution < 1.29 is 37.8 Å². The van der Waals surface area contributed by atoms with Crippen LogP contribution in [0.1, 0.15) is 120 Å². The highest BCUT2D eigenvalue weighted by atomic mass is 16.8. The Balaban J connectivity index is 1.21. The zero-order valence-electron chi connectivity index (χ0n) is 30.1. The Labute approximate surface area is 303 Å². The lowest BCUT2D eigenvalue weighted by Gasteiger charge is -2.47. The van der Waals surface area contributed by atoms with Crippen LogP contribution in [0.4, 0.5) is 4.79 Å². The number of piperidine rings is 1. The van der Waals surface area contributed by atoms with Gasteiger partial charge in [0.05, 0.1) is 25.2 Å². The molecule has 3 saturated heterocycles. The Morgan fingerprint density at radius 2 is 1.24 bits per heavy atom. The third kappa shape index (κ3) is 8.49. The summed E-state index contributed by atoms with van der Waals surface area (Å²) in [4.78, 5) is 41.7. The van der Waals surface area contributed by atoms with E-state index < -0.39 is 30.0 Å². The topological polar surface area (TPSA) is 88.1 Å². The summed E-state index contributed by atoms with van der Waals surface area (Å²) in [6.07, 6.45) is 11.3.